The standard InChI is InChI=1S/C14H11N3O/c1-2-3-4-5-14(18)17-13-7-6-11(9-15)12(8-13)10-16/h2-8H,1H3,(H,17,18). The molecule has 0 fully saturated rings. The van der Waals surface area contributed by atoms with Crippen molar-refractivity contribution in [3.63, 3.8) is 0 Å². The van der Waals surface area contributed by atoms with Crippen LogP contribution in [0.3, 0.4) is 0 Å². The number of nitriles is 2. The zero-order valence-corrected chi connectivity index (χ0v) is 9.84. The van der Waals surface area contributed by atoms with Crippen molar-refractivity contribution < 1.29 is 4.79 Å². The minimum atomic E-state index is -0.290. The van der Waals surface area contributed by atoms with E-state index in [0.29, 0.717) is 11.3 Å². The maximum Gasteiger partial charge on any atom is 0.248 e. The lowest BCUT2D eigenvalue weighted by atomic mass is 10.1. The van der Waals surface area contributed by atoms with E-state index in [1.54, 1.807) is 24.3 Å². The summed E-state index contributed by atoms with van der Waals surface area (Å²) in [6.07, 6.45) is 6.53. The van der Waals surface area contributed by atoms with Crippen molar-refractivity contribution in [3.05, 3.63) is 53.6 Å². The Hall–Kier alpha value is -2.85. The van der Waals surface area contributed by atoms with Gasteiger partial charge in [-0.25, -0.2) is 0 Å². The van der Waals surface area contributed by atoms with Crippen molar-refractivity contribution >= 4 is 11.6 Å². The Morgan fingerprint density at radius 1 is 1.22 bits per heavy atom. The Labute approximate surface area is 105 Å². The maximum atomic E-state index is 11.5. The number of hydrogen-bond acceptors (Lipinski definition) is 3. The number of amides is 1. The third kappa shape index (κ3) is 3.62. The Morgan fingerprint density at radius 3 is 2.56 bits per heavy atom. The van der Waals surface area contributed by atoms with Gasteiger partial charge in [-0.05, 0) is 25.1 Å². The van der Waals surface area contributed by atoms with Crippen molar-refractivity contribution in [1.29, 1.82) is 10.5 Å². The number of rotatable bonds is 3. The summed E-state index contributed by atoms with van der Waals surface area (Å²) < 4.78 is 0. The van der Waals surface area contributed by atoms with Crippen LogP contribution in [0.4, 0.5) is 5.69 Å². The van der Waals surface area contributed by atoms with E-state index in [0.717, 1.165) is 0 Å². The molecular formula is C14H11N3O. The van der Waals surface area contributed by atoms with Crippen molar-refractivity contribution in [2.75, 3.05) is 5.32 Å². The highest BCUT2D eigenvalue weighted by atomic mass is 16.1. The lowest BCUT2D eigenvalue weighted by Gasteiger charge is -2.02. The van der Waals surface area contributed by atoms with Crippen molar-refractivity contribution in [2.24, 2.45) is 0 Å². The zero-order valence-electron chi connectivity index (χ0n) is 9.84. The molecule has 1 aromatic carbocycles. The first-order valence-electron chi connectivity index (χ1n) is 5.26. The van der Waals surface area contributed by atoms with E-state index in [-0.39, 0.29) is 11.5 Å². The van der Waals surface area contributed by atoms with Crippen LogP contribution in [-0.4, -0.2) is 5.91 Å². The number of anilines is 1. The lowest BCUT2D eigenvalue weighted by Crippen LogP contribution is -2.07. The smallest absolute Gasteiger partial charge is 0.248 e. The van der Waals surface area contributed by atoms with Gasteiger partial charge in [0, 0.05) is 11.8 Å². The molecule has 1 amide bonds. The quantitative estimate of drug-likeness (QED) is 0.648. The zero-order chi connectivity index (χ0) is 13.4. The van der Waals surface area contributed by atoms with Gasteiger partial charge in [0.1, 0.15) is 12.1 Å². The van der Waals surface area contributed by atoms with E-state index in [1.165, 1.54) is 18.2 Å². The minimum Gasteiger partial charge on any atom is -0.322 e. The van der Waals surface area contributed by atoms with Crippen LogP contribution in [0.25, 0.3) is 0 Å². The van der Waals surface area contributed by atoms with Crippen LogP contribution >= 0.6 is 0 Å². The number of allylic oxidation sites excluding steroid dienone is 3. The van der Waals surface area contributed by atoms with E-state index in [4.69, 9.17) is 10.5 Å². The predicted octanol–water partition coefficient (Wildman–Crippen LogP) is 2.50. The SMILES string of the molecule is CC=CC=CC(=O)Nc1ccc(C#N)c(C#N)c1. The van der Waals surface area contributed by atoms with Crippen molar-refractivity contribution in [1.82, 2.24) is 0 Å². The largest absolute Gasteiger partial charge is 0.322 e. The molecule has 0 aliphatic rings. The van der Waals surface area contributed by atoms with Crippen molar-refractivity contribution in [2.45, 2.75) is 6.92 Å². The van der Waals surface area contributed by atoms with Crippen LogP contribution in [0.5, 0.6) is 0 Å². The van der Waals surface area contributed by atoms with Crippen LogP contribution in [0.15, 0.2) is 42.5 Å². The maximum absolute atomic E-state index is 11.5. The van der Waals surface area contributed by atoms with Crippen LogP contribution in [-0.2, 0) is 4.79 Å². The molecule has 88 valence electrons. The monoisotopic (exact) mass is 237 g/mol. The summed E-state index contributed by atoms with van der Waals surface area (Å²) in [6.45, 7) is 1.85. The fourth-order valence-corrected chi connectivity index (χ4v) is 1.25. The summed E-state index contributed by atoms with van der Waals surface area (Å²) >= 11 is 0. The molecular weight excluding hydrogens is 226 g/mol. The number of hydrogen-bond donors (Lipinski definition) is 1. The molecule has 0 bridgehead atoms. The number of carbonyl (C=O) groups excluding carboxylic acids is 1. The Kier molecular flexibility index (Phi) is 4.90. The molecule has 0 saturated heterocycles. The fraction of sp³-hybridized carbons (Fsp3) is 0.0714. The summed E-state index contributed by atoms with van der Waals surface area (Å²) in [4.78, 5) is 11.5. The molecule has 0 atom stereocenters. The Morgan fingerprint density at radius 2 is 1.94 bits per heavy atom. The van der Waals surface area contributed by atoms with E-state index >= 15 is 0 Å². The first-order chi connectivity index (χ1) is 8.71. The summed E-state index contributed by atoms with van der Waals surface area (Å²) in [6, 6.07) is 8.38. The average Bonchev–Trinajstić information content (AvgIpc) is 2.39. The van der Waals surface area contributed by atoms with Crippen LogP contribution < -0.4 is 5.32 Å². The molecule has 4 nitrogen and oxygen atoms in total. The number of nitrogens with one attached hydrogen (secondary N) is 1. The molecule has 0 spiro atoms. The second-order valence-electron chi connectivity index (χ2n) is 3.36. The predicted molar refractivity (Wildman–Crippen MR) is 68.5 cm³/mol. The van der Waals surface area contributed by atoms with Gasteiger partial charge in [0.2, 0.25) is 5.91 Å². The Balaban J connectivity index is 2.84. The van der Waals surface area contributed by atoms with Crippen LogP contribution in [0.2, 0.25) is 0 Å². The van der Waals surface area contributed by atoms with E-state index < -0.39 is 0 Å². The average molecular weight is 237 g/mol. The molecule has 0 saturated carbocycles. The molecule has 1 rings (SSSR count). The van der Waals surface area contributed by atoms with Gasteiger partial charge in [-0.1, -0.05) is 18.2 Å². The van der Waals surface area contributed by atoms with E-state index in [9.17, 15) is 4.79 Å². The van der Waals surface area contributed by atoms with Gasteiger partial charge in [-0.2, -0.15) is 10.5 Å². The van der Waals surface area contributed by atoms with E-state index in [2.05, 4.69) is 5.32 Å². The normalized spacial score (nSPS) is 10.2. The molecule has 0 aromatic heterocycles. The topological polar surface area (TPSA) is 76.7 Å². The van der Waals surface area contributed by atoms with Crippen molar-refractivity contribution in [3.8, 4) is 12.1 Å². The summed E-state index contributed by atoms with van der Waals surface area (Å²) in [5.41, 5.74) is 1.02. The highest BCUT2D eigenvalue weighted by Gasteiger charge is 2.04. The molecule has 0 aliphatic carbocycles. The molecule has 0 aliphatic heterocycles. The second-order valence-corrected chi connectivity index (χ2v) is 3.36. The first-order valence-corrected chi connectivity index (χ1v) is 5.26. The van der Waals surface area contributed by atoms with Crippen LogP contribution in [0, 0.1) is 22.7 Å². The molecule has 0 heterocycles. The molecule has 18 heavy (non-hydrogen) atoms. The highest BCUT2D eigenvalue weighted by Crippen LogP contribution is 2.14. The van der Waals surface area contributed by atoms with Gasteiger partial charge >= 0.3 is 0 Å². The summed E-state index contributed by atoms with van der Waals surface area (Å²) in [5, 5.41) is 20.2. The van der Waals surface area contributed by atoms with Crippen LogP contribution in [0.1, 0.15) is 18.1 Å². The summed E-state index contributed by atoms with van der Waals surface area (Å²) in [5.74, 6) is -0.290. The third-order valence-corrected chi connectivity index (χ3v) is 2.08. The second kappa shape index (κ2) is 6.67. The van der Waals surface area contributed by atoms with Gasteiger partial charge in [-0.15, -0.1) is 0 Å². The molecule has 0 unspecified atom stereocenters. The highest BCUT2D eigenvalue weighted by molar-refractivity contribution is 5.99. The van der Waals surface area contributed by atoms with Gasteiger partial charge < -0.3 is 5.32 Å². The van der Waals surface area contributed by atoms with Gasteiger partial charge in [0.25, 0.3) is 0 Å². The number of benzene rings is 1. The van der Waals surface area contributed by atoms with E-state index in [1.807, 2.05) is 19.1 Å². The summed E-state index contributed by atoms with van der Waals surface area (Å²) in [7, 11) is 0. The Bertz CT molecular complexity index is 586. The fourth-order valence-electron chi connectivity index (χ4n) is 1.25. The molecule has 0 radical (unpaired) electrons. The number of carbonyl (C=O) groups is 1. The minimum absolute atomic E-state index is 0.243. The van der Waals surface area contributed by atoms with Gasteiger partial charge in [0.15, 0.2) is 0 Å². The molecule has 1 aromatic rings. The number of nitrogens with zero attached hydrogens (tertiary/aromatic N) is 2. The molecule has 4 heteroatoms. The van der Waals surface area contributed by atoms with Gasteiger partial charge in [0.05, 0.1) is 11.1 Å². The van der Waals surface area contributed by atoms with Gasteiger partial charge in [-0.3, -0.25) is 4.79 Å². The molecule has 1 N–H and O–H groups in total. The lowest BCUT2D eigenvalue weighted by molar-refractivity contribution is -0.111. The third-order valence-electron chi connectivity index (χ3n) is 2.08. The first kappa shape index (κ1) is 13.2.